The molecule has 0 amide bonds. The van der Waals surface area contributed by atoms with Crippen molar-refractivity contribution < 1.29 is 0 Å². The van der Waals surface area contributed by atoms with E-state index in [4.69, 9.17) is 5.73 Å². The Morgan fingerprint density at radius 3 is 2.47 bits per heavy atom. The predicted molar refractivity (Wildman–Crippen MR) is 73.2 cm³/mol. The van der Waals surface area contributed by atoms with Crippen molar-refractivity contribution in [3.8, 4) is 0 Å². The second-order valence-electron chi connectivity index (χ2n) is 3.98. The molecule has 1 aromatic heterocycles. The number of aromatic nitrogens is 1. The summed E-state index contributed by atoms with van der Waals surface area (Å²) in [5.74, 6) is 0. The second-order valence-corrected chi connectivity index (χ2v) is 4.78. The topological polar surface area (TPSA) is 38.9 Å². The number of nitrogens with two attached hydrogens (primary N) is 1. The zero-order valence-corrected chi connectivity index (χ0v) is 10.9. The van der Waals surface area contributed by atoms with Gasteiger partial charge in [0.05, 0.1) is 11.1 Å². The molecule has 0 unspecified atom stereocenters. The minimum Gasteiger partial charge on any atom is -0.320 e. The molecule has 1 aromatic carbocycles. The highest BCUT2D eigenvalue weighted by atomic mass is 32.2. The fourth-order valence-corrected chi connectivity index (χ4v) is 2.36. The summed E-state index contributed by atoms with van der Waals surface area (Å²) in [7, 11) is 0. The van der Waals surface area contributed by atoms with E-state index in [1.807, 2.05) is 42.8 Å². The molecule has 17 heavy (non-hydrogen) atoms. The summed E-state index contributed by atoms with van der Waals surface area (Å²) in [5.41, 5.74) is 9.59. The third kappa shape index (κ3) is 2.68. The number of pyridine rings is 1. The standard InChI is InChI=1S/C14H16N2S/c1-10-8-12(9-16-14(10)17-2)13(15)11-6-4-3-5-7-11/h3-9,13H,15H2,1-2H3/t13-/m1/s1. The lowest BCUT2D eigenvalue weighted by Gasteiger charge is -2.13. The Kier molecular flexibility index (Phi) is 3.82. The smallest absolute Gasteiger partial charge is 0.0986 e. The monoisotopic (exact) mass is 244 g/mol. The third-order valence-corrected chi connectivity index (χ3v) is 3.58. The number of rotatable bonds is 3. The molecule has 2 nitrogen and oxygen atoms in total. The van der Waals surface area contributed by atoms with Crippen LogP contribution in [-0.4, -0.2) is 11.2 Å². The first-order chi connectivity index (χ1) is 8.22. The Hall–Kier alpha value is -1.32. The molecule has 0 saturated heterocycles. The maximum Gasteiger partial charge on any atom is 0.0986 e. The normalized spacial score (nSPS) is 12.4. The van der Waals surface area contributed by atoms with E-state index in [9.17, 15) is 0 Å². The number of thioether (sulfide) groups is 1. The number of nitrogens with zero attached hydrogens (tertiary/aromatic N) is 1. The van der Waals surface area contributed by atoms with E-state index in [0.717, 1.165) is 16.2 Å². The van der Waals surface area contributed by atoms with E-state index < -0.39 is 0 Å². The molecule has 88 valence electrons. The largest absolute Gasteiger partial charge is 0.320 e. The molecular weight excluding hydrogens is 228 g/mol. The van der Waals surface area contributed by atoms with Crippen molar-refractivity contribution in [2.75, 3.05) is 6.26 Å². The van der Waals surface area contributed by atoms with Gasteiger partial charge in [-0.25, -0.2) is 4.98 Å². The molecular formula is C14H16N2S. The van der Waals surface area contributed by atoms with Gasteiger partial charge in [0, 0.05) is 6.20 Å². The zero-order valence-electron chi connectivity index (χ0n) is 10.1. The van der Waals surface area contributed by atoms with Gasteiger partial charge in [0.25, 0.3) is 0 Å². The van der Waals surface area contributed by atoms with Gasteiger partial charge in [-0.3, -0.25) is 0 Å². The van der Waals surface area contributed by atoms with Gasteiger partial charge in [0.1, 0.15) is 0 Å². The Balaban J connectivity index is 2.32. The minimum atomic E-state index is -0.0988. The average molecular weight is 244 g/mol. The molecule has 1 heterocycles. The summed E-state index contributed by atoms with van der Waals surface area (Å²) >= 11 is 1.66. The predicted octanol–water partition coefficient (Wildman–Crippen LogP) is 3.16. The molecule has 0 aliphatic heterocycles. The Bertz CT molecular complexity index is 497. The van der Waals surface area contributed by atoms with Gasteiger partial charge in [-0.05, 0) is 35.9 Å². The van der Waals surface area contributed by atoms with Crippen LogP contribution in [0.15, 0.2) is 47.6 Å². The molecule has 0 fully saturated rings. The number of aryl methyl sites for hydroxylation is 1. The van der Waals surface area contributed by atoms with E-state index in [2.05, 4.69) is 18.0 Å². The van der Waals surface area contributed by atoms with Gasteiger partial charge in [-0.15, -0.1) is 11.8 Å². The van der Waals surface area contributed by atoms with Crippen molar-refractivity contribution >= 4 is 11.8 Å². The van der Waals surface area contributed by atoms with Crippen LogP contribution in [0.5, 0.6) is 0 Å². The van der Waals surface area contributed by atoms with E-state index in [1.165, 1.54) is 5.56 Å². The van der Waals surface area contributed by atoms with Crippen LogP contribution in [0.4, 0.5) is 0 Å². The lowest BCUT2D eigenvalue weighted by atomic mass is 10.0. The van der Waals surface area contributed by atoms with Crippen LogP contribution in [-0.2, 0) is 0 Å². The molecule has 2 N–H and O–H groups in total. The molecule has 3 heteroatoms. The SMILES string of the molecule is CSc1ncc([C@H](N)c2ccccc2)cc1C. The highest BCUT2D eigenvalue weighted by Gasteiger charge is 2.10. The maximum atomic E-state index is 6.23. The first kappa shape index (κ1) is 12.1. The molecule has 0 aliphatic rings. The fourth-order valence-electron chi connectivity index (χ4n) is 1.82. The van der Waals surface area contributed by atoms with Gasteiger partial charge in [0.2, 0.25) is 0 Å². The summed E-state index contributed by atoms with van der Waals surface area (Å²) in [5, 5.41) is 1.06. The summed E-state index contributed by atoms with van der Waals surface area (Å²) in [6, 6.07) is 12.1. The Morgan fingerprint density at radius 1 is 1.18 bits per heavy atom. The lowest BCUT2D eigenvalue weighted by Crippen LogP contribution is -2.12. The minimum absolute atomic E-state index is 0.0988. The van der Waals surface area contributed by atoms with Crippen LogP contribution >= 0.6 is 11.8 Å². The first-order valence-electron chi connectivity index (χ1n) is 5.53. The highest BCUT2D eigenvalue weighted by molar-refractivity contribution is 7.98. The van der Waals surface area contributed by atoms with Gasteiger partial charge >= 0.3 is 0 Å². The van der Waals surface area contributed by atoms with E-state index in [0.29, 0.717) is 0 Å². The number of benzene rings is 1. The molecule has 0 spiro atoms. The molecule has 0 radical (unpaired) electrons. The lowest BCUT2D eigenvalue weighted by molar-refractivity contribution is 0.850. The Morgan fingerprint density at radius 2 is 1.88 bits per heavy atom. The molecule has 0 saturated carbocycles. The highest BCUT2D eigenvalue weighted by Crippen LogP contribution is 2.23. The van der Waals surface area contributed by atoms with E-state index >= 15 is 0 Å². The first-order valence-corrected chi connectivity index (χ1v) is 6.76. The van der Waals surface area contributed by atoms with Crippen molar-refractivity contribution in [2.45, 2.75) is 18.0 Å². The van der Waals surface area contributed by atoms with Crippen molar-refractivity contribution in [3.63, 3.8) is 0 Å². The summed E-state index contributed by atoms with van der Waals surface area (Å²) in [6.45, 7) is 2.07. The number of hydrogen-bond donors (Lipinski definition) is 1. The van der Waals surface area contributed by atoms with Crippen LogP contribution in [0, 0.1) is 6.92 Å². The molecule has 0 bridgehead atoms. The zero-order chi connectivity index (χ0) is 12.3. The molecule has 2 aromatic rings. The molecule has 1 atom stereocenters. The van der Waals surface area contributed by atoms with Crippen LogP contribution in [0.1, 0.15) is 22.7 Å². The van der Waals surface area contributed by atoms with Crippen LogP contribution in [0.2, 0.25) is 0 Å². The second kappa shape index (κ2) is 5.34. The summed E-state index contributed by atoms with van der Waals surface area (Å²) < 4.78 is 0. The van der Waals surface area contributed by atoms with Crippen LogP contribution < -0.4 is 5.73 Å². The van der Waals surface area contributed by atoms with Crippen LogP contribution in [0.3, 0.4) is 0 Å². The maximum absolute atomic E-state index is 6.23. The van der Waals surface area contributed by atoms with Crippen molar-refractivity contribution in [2.24, 2.45) is 5.73 Å². The molecule has 0 aliphatic carbocycles. The third-order valence-electron chi connectivity index (χ3n) is 2.76. The van der Waals surface area contributed by atoms with E-state index in [1.54, 1.807) is 11.8 Å². The van der Waals surface area contributed by atoms with Crippen molar-refractivity contribution in [1.29, 1.82) is 0 Å². The van der Waals surface area contributed by atoms with Gasteiger partial charge in [-0.2, -0.15) is 0 Å². The summed E-state index contributed by atoms with van der Waals surface area (Å²) in [4.78, 5) is 4.43. The number of hydrogen-bond acceptors (Lipinski definition) is 3. The quantitative estimate of drug-likeness (QED) is 0.843. The van der Waals surface area contributed by atoms with Crippen molar-refractivity contribution in [1.82, 2.24) is 4.98 Å². The van der Waals surface area contributed by atoms with Gasteiger partial charge < -0.3 is 5.73 Å². The molecule has 2 rings (SSSR count). The average Bonchev–Trinajstić information content (AvgIpc) is 2.39. The van der Waals surface area contributed by atoms with Crippen LogP contribution in [0.25, 0.3) is 0 Å². The Labute approximate surface area is 106 Å². The van der Waals surface area contributed by atoms with E-state index in [-0.39, 0.29) is 6.04 Å². The van der Waals surface area contributed by atoms with Gasteiger partial charge in [0.15, 0.2) is 0 Å². The van der Waals surface area contributed by atoms with Crippen molar-refractivity contribution in [3.05, 3.63) is 59.3 Å². The summed E-state index contributed by atoms with van der Waals surface area (Å²) in [6.07, 6.45) is 3.91. The fraction of sp³-hybridized carbons (Fsp3) is 0.214. The van der Waals surface area contributed by atoms with Gasteiger partial charge in [-0.1, -0.05) is 30.3 Å².